The Hall–Kier alpha value is -1.50. The molecule has 2 rings (SSSR count). The summed E-state index contributed by atoms with van der Waals surface area (Å²) in [5.74, 6) is -0.565. The molecule has 7 heteroatoms. The van der Waals surface area contributed by atoms with Crippen molar-refractivity contribution in [1.82, 2.24) is 4.31 Å². The van der Waals surface area contributed by atoms with E-state index in [1.807, 2.05) is 0 Å². The van der Waals surface area contributed by atoms with Crippen LogP contribution in [0.1, 0.15) is 5.56 Å². The maximum Gasteiger partial charge on any atom is 0.359 e. The third kappa shape index (κ3) is 2.91. The van der Waals surface area contributed by atoms with Gasteiger partial charge in [0.25, 0.3) is 0 Å². The van der Waals surface area contributed by atoms with Crippen molar-refractivity contribution in [3.63, 3.8) is 0 Å². The number of nitrogens with zero attached hydrogens (tertiary/aromatic N) is 2. The van der Waals surface area contributed by atoms with E-state index in [2.05, 4.69) is 9.13 Å². The monoisotopic (exact) mass is 298 g/mol. The molecule has 0 saturated carbocycles. The molecular weight excluding hydrogens is 288 g/mol. The van der Waals surface area contributed by atoms with Gasteiger partial charge < -0.3 is 9.29 Å². The number of ether oxygens (including phenoxy) is 1. The first kappa shape index (κ1) is 13.9. The van der Waals surface area contributed by atoms with Crippen LogP contribution in [0.5, 0.6) is 0 Å². The second-order valence-electron chi connectivity index (χ2n) is 3.74. The van der Waals surface area contributed by atoms with E-state index in [0.29, 0.717) is 16.3 Å². The lowest BCUT2D eigenvalue weighted by Gasteiger charge is -2.22. The number of esters is 1. The smallest absolute Gasteiger partial charge is 0.359 e. The quantitative estimate of drug-likeness (QED) is 0.616. The zero-order valence-corrected chi connectivity index (χ0v) is 11.9. The van der Waals surface area contributed by atoms with Crippen molar-refractivity contribution in [2.24, 2.45) is 4.40 Å². The average Bonchev–Trinajstić information content (AvgIpc) is 2.40. The van der Waals surface area contributed by atoms with E-state index < -0.39 is 17.5 Å². The van der Waals surface area contributed by atoms with Gasteiger partial charge in [-0.25, -0.2) is 4.79 Å². The first-order chi connectivity index (χ1) is 9.02. The normalized spacial score (nSPS) is 18.7. The SMILES string of the molecule is COC(=O)C1=CC(c2cccc(Cl)c2)=N[S+]([O-])N1C. The number of rotatable bonds is 2. The summed E-state index contributed by atoms with van der Waals surface area (Å²) in [6.45, 7) is 0. The summed E-state index contributed by atoms with van der Waals surface area (Å²) in [6, 6.07) is 6.95. The molecule has 19 heavy (non-hydrogen) atoms. The van der Waals surface area contributed by atoms with Crippen molar-refractivity contribution in [3.05, 3.63) is 46.6 Å². The largest absolute Gasteiger partial charge is 0.566 e. The standard InChI is InChI=1S/C12H11ClN2O3S/c1-15-11(12(16)18-2)7-10(14-19(15)17)8-4-3-5-9(13)6-8/h3-7H,1-2H3. The summed E-state index contributed by atoms with van der Waals surface area (Å²) >= 11 is 4.24. The maximum absolute atomic E-state index is 11.9. The van der Waals surface area contributed by atoms with Gasteiger partial charge in [0.15, 0.2) is 5.70 Å². The van der Waals surface area contributed by atoms with Crippen LogP contribution in [-0.2, 0) is 21.1 Å². The van der Waals surface area contributed by atoms with E-state index in [1.165, 1.54) is 24.5 Å². The number of allylic oxidation sites excluding steroid dienone is 1. The maximum atomic E-state index is 11.9. The summed E-state index contributed by atoms with van der Waals surface area (Å²) in [7, 11) is 2.78. The third-order valence-electron chi connectivity index (χ3n) is 2.54. The van der Waals surface area contributed by atoms with Gasteiger partial charge in [-0.05, 0) is 16.5 Å². The fraction of sp³-hybridized carbons (Fsp3) is 0.167. The van der Waals surface area contributed by atoms with Crippen molar-refractivity contribution >= 4 is 34.8 Å². The minimum atomic E-state index is -1.67. The first-order valence-corrected chi connectivity index (χ1v) is 6.77. The molecule has 0 bridgehead atoms. The molecule has 100 valence electrons. The van der Waals surface area contributed by atoms with Crippen LogP contribution in [0.4, 0.5) is 0 Å². The number of carbonyl (C=O) groups is 1. The molecule has 1 aliphatic heterocycles. The van der Waals surface area contributed by atoms with Crippen molar-refractivity contribution in [2.75, 3.05) is 14.2 Å². The number of methoxy groups -OCH3 is 1. The van der Waals surface area contributed by atoms with Gasteiger partial charge in [0, 0.05) is 16.7 Å². The topological polar surface area (TPSA) is 65.0 Å². The molecule has 0 spiro atoms. The molecule has 1 atom stereocenters. The summed E-state index contributed by atoms with van der Waals surface area (Å²) in [4.78, 5) is 11.6. The number of carbonyl (C=O) groups excluding carboxylic acids is 1. The molecule has 1 aromatic rings. The Labute approximate surface area is 119 Å². The van der Waals surface area contributed by atoms with Gasteiger partial charge in [-0.3, -0.25) is 0 Å². The van der Waals surface area contributed by atoms with Gasteiger partial charge in [0.2, 0.25) is 11.5 Å². The fourth-order valence-electron chi connectivity index (χ4n) is 1.55. The molecule has 1 unspecified atom stereocenters. The van der Waals surface area contributed by atoms with Crippen LogP contribution in [0.15, 0.2) is 40.4 Å². The molecule has 0 fully saturated rings. The average molecular weight is 299 g/mol. The van der Waals surface area contributed by atoms with E-state index >= 15 is 0 Å². The van der Waals surface area contributed by atoms with Crippen LogP contribution >= 0.6 is 11.6 Å². The molecule has 0 aliphatic carbocycles. The first-order valence-electron chi connectivity index (χ1n) is 5.33. The van der Waals surface area contributed by atoms with Crippen LogP contribution in [0.25, 0.3) is 0 Å². The second kappa shape index (κ2) is 5.64. The van der Waals surface area contributed by atoms with E-state index in [0.717, 1.165) is 0 Å². The summed E-state index contributed by atoms with van der Waals surface area (Å²) in [6.07, 6.45) is 1.53. The Morgan fingerprint density at radius 2 is 2.26 bits per heavy atom. The van der Waals surface area contributed by atoms with Crippen molar-refractivity contribution in [2.45, 2.75) is 0 Å². The molecule has 1 aliphatic rings. The minimum absolute atomic E-state index is 0.186. The third-order valence-corrected chi connectivity index (χ3v) is 3.79. The molecule has 1 aromatic carbocycles. The van der Waals surface area contributed by atoms with Gasteiger partial charge in [-0.2, -0.15) is 4.31 Å². The Morgan fingerprint density at radius 1 is 1.53 bits per heavy atom. The van der Waals surface area contributed by atoms with E-state index in [4.69, 9.17) is 11.6 Å². The van der Waals surface area contributed by atoms with Crippen LogP contribution in [0.2, 0.25) is 5.02 Å². The zero-order valence-electron chi connectivity index (χ0n) is 10.3. The van der Waals surface area contributed by atoms with E-state index in [-0.39, 0.29) is 5.70 Å². The lowest BCUT2D eigenvalue weighted by Crippen LogP contribution is -2.33. The zero-order chi connectivity index (χ0) is 14.0. The van der Waals surface area contributed by atoms with Crippen LogP contribution in [0, 0.1) is 0 Å². The van der Waals surface area contributed by atoms with Crippen molar-refractivity contribution in [1.29, 1.82) is 0 Å². The van der Waals surface area contributed by atoms with Gasteiger partial charge in [-0.1, -0.05) is 23.7 Å². The Balaban J connectivity index is 2.43. The van der Waals surface area contributed by atoms with E-state index in [9.17, 15) is 9.35 Å². The summed E-state index contributed by atoms with van der Waals surface area (Å²) < 4.78 is 21.8. The van der Waals surface area contributed by atoms with Crippen molar-refractivity contribution in [3.8, 4) is 0 Å². The number of likely N-dealkylation sites (N-methyl/N-ethyl adjacent to an activating group) is 1. The minimum Gasteiger partial charge on any atom is -0.566 e. The highest BCUT2D eigenvalue weighted by molar-refractivity contribution is 7.88. The number of hydrogen-bond donors (Lipinski definition) is 0. The molecule has 0 amide bonds. The predicted molar refractivity (Wildman–Crippen MR) is 74.0 cm³/mol. The highest BCUT2D eigenvalue weighted by atomic mass is 35.5. The highest BCUT2D eigenvalue weighted by Gasteiger charge is 2.30. The molecule has 0 N–H and O–H groups in total. The number of hydrogen-bond acceptors (Lipinski definition) is 5. The fourth-order valence-corrected chi connectivity index (χ4v) is 2.49. The lowest BCUT2D eigenvalue weighted by atomic mass is 10.1. The number of benzene rings is 1. The summed E-state index contributed by atoms with van der Waals surface area (Å²) in [5.41, 5.74) is 1.31. The van der Waals surface area contributed by atoms with Gasteiger partial charge in [0.1, 0.15) is 5.71 Å². The lowest BCUT2D eigenvalue weighted by molar-refractivity contribution is -0.137. The van der Waals surface area contributed by atoms with Crippen molar-refractivity contribution < 1.29 is 14.1 Å². The van der Waals surface area contributed by atoms with Crippen LogP contribution < -0.4 is 0 Å². The van der Waals surface area contributed by atoms with Gasteiger partial charge >= 0.3 is 5.97 Å². The molecule has 0 radical (unpaired) electrons. The van der Waals surface area contributed by atoms with Gasteiger partial charge in [-0.15, -0.1) is 0 Å². The molecule has 0 saturated heterocycles. The molecule has 0 aromatic heterocycles. The Morgan fingerprint density at radius 3 is 2.89 bits per heavy atom. The second-order valence-corrected chi connectivity index (χ2v) is 5.36. The van der Waals surface area contributed by atoms with E-state index in [1.54, 1.807) is 24.3 Å². The van der Waals surface area contributed by atoms with Gasteiger partial charge in [0.05, 0.1) is 14.2 Å². The number of halogens is 1. The highest BCUT2D eigenvalue weighted by Crippen LogP contribution is 2.21. The summed E-state index contributed by atoms with van der Waals surface area (Å²) in [5, 5.41) is 0.540. The molecule has 1 heterocycles. The Bertz CT molecular complexity index is 574. The van der Waals surface area contributed by atoms with Crippen LogP contribution in [0.3, 0.4) is 0 Å². The Kier molecular flexibility index (Phi) is 4.14. The molecular formula is C12H11ClN2O3S. The molecule has 5 nitrogen and oxygen atoms in total. The van der Waals surface area contributed by atoms with Crippen LogP contribution in [-0.4, -0.2) is 34.7 Å². The predicted octanol–water partition coefficient (Wildman–Crippen LogP) is 1.71.